The van der Waals surface area contributed by atoms with Gasteiger partial charge in [0.15, 0.2) is 0 Å². The number of aromatic nitrogens is 4. The van der Waals surface area contributed by atoms with E-state index in [1.165, 1.54) is 11.8 Å². The van der Waals surface area contributed by atoms with Crippen LogP contribution in [0.1, 0.15) is 19.4 Å². The smallest absolute Gasteiger partial charge is 0.207 e. The second kappa shape index (κ2) is 7.79. The number of tetrazole rings is 1. The normalized spacial score (nSPS) is 12.3. The summed E-state index contributed by atoms with van der Waals surface area (Å²) in [6, 6.07) is 16.3. The van der Waals surface area contributed by atoms with Crippen LogP contribution in [0.4, 0.5) is 0 Å². The van der Waals surface area contributed by atoms with Crippen LogP contribution in [0.2, 0.25) is 0 Å². The maximum atomic E-state index is 12.6. The van der Waals surface area contributed by atoms with Crippen LogP contribution in [-0.2, 0) is 10.0 Å². The average molecular weight is 404 g/mol. The third-order valence-corrected chi connectivity index (χ3v) is 6.84. The summed E-state index contributed by atoms with van der Waals surface area (Å²) in [5.41, 5.74) is 1.17. The summed E-state index contributed by atoms with van der Waals surface area (Å²) >= 11 is 1.39. The molecule has 1 aromatic heterocycles. The fourth-order valence-electron chi connectivity index (χ4n) is 2.41. The lowest BCUT2D eigenvalue weighted by molar-refractivity contribution is 0.497. The lowest BCUT2D eigenvalue weighted by Gasteiger charge is -2.25. The van der Waals surface area contributed by atoms with Gasteiger partial charge < -0.3 is 0 Å². The first-order valence-electron chi connectivity index (χ1n) is 8.34. The average Bonchev–Trinajstić information content (AvgIpc) is 3.09. The Labute approximate surface area is 163 Å². The van der Waals surface area contributed by atoms with Crippen LogP contribution >= 0.6 is 11.8 Å². The van der Waals surface area contributed by atoms with Gasteiger partial charge in [-0.25, -0.2) is 13.1 Å². The molecule has 1 N–H and O–H groups in total. The Bertz CT molecular complexity index is 1000. The molecule has 0 spiro atoms. The van der Waals surface area contributed by atoms with Gasteiger partial charge >= 0.3 is 0 Å². The van der Waals surface area contributed by atoms with Crippen molar-refractivity contribution >= 4 is 21.8 Å². The SMILES string of the molecule is Cc1ccc(S(=O)(=O)NC(C)(C)CSc2nnnn2-c2ccccc2)cc1. The monoisotopic (exact) mass is 403 g/mol. The van der Waals surface area contributed by atoms with E-state index in [-0.39, 0.29) is 4.90 Å². The first kappa shape index (κ1) is 19.5. The van der Waals surface area contributed by atoms with Gasteiger partial charge in [0.25, 0.3) is 0 Å². The van der Waals surface area contributed by atoms with Gasteiger partial charge in [-0.3, -0.25) is 0 Å². The maximum Gasteiger partial charge on any atom is 0.241 e. The summed E-state index contributed by atoms with van der Waals surface area (Å²) in [7, 11) is -3.61. The summed E-state index contributed by atoms with van der Waals surface area (Å²) in [6.45, 7) is 5.59. The minimum Gasteiger partial charge on any atom is -0.207 e. The Kier molecular flexibility index (Phi) is 5.64. The third-order valence-electron chi connectivity index (χ3n) is 3.75. The van der Waals surface area contributed by atoms with Gasteiger partial charge in [0, 0.05) is 11.3 Å². The number of aryl methyl sites for hydroxylation is 1. The Morgan fingerprint density at radius 1 is 1.07 bits per heavy atom. The number of benzene rings is 2. The van der Waals surface area contributed by atoms with Gasteiger partial charge in [-0.05, 0) is 55.5 Å². The molecule has 0 fully saturated rings. The number of sulfonamides is 1. The molecule has 0 amide bonds. The van der Waals surface area contributed by atoms with Crippen LogP contribution in [0.25, 0.3) is 5.69 Å². The molecule has 0 saturated heterocycles. The quantitative estimate of drug-likeness (QED) is 0.610. The molecule has 0 aliphatic rings. The molecule has 27 heavy (non-hydrogen) atoms. The van der Waals surface area contributed by atoms with Gasteiger partial charge in [-0.15, -0.1) is 5.10 Å². The predicted octanol–water partition coefficient (Wildman–Crippen LogP) is 2.82. The summed E-state index contributed by atoms with van der Waals surface area (Å²) in [5.74, 6) is 0.464. The highest BCUT2D eigenvalue weighted by molar-refractivity contribution is 7.99. The molecule has 1 heterocycles. The van der Waals surface area contributed by atoms with Crippen molar-refractivity contribution in [3.8, 4) is 5.69 Å². The fourth-order valence-corrected chi connectivity index (χ4v) is 4.84. The first-order chi connectivity index (χ1) is 12.8. The zero-order valence-electron chi connectivity index (χ0n) is 15.3. The van der Waals surface area contributed by atoms with Crippen molar-refractivity contribution in [2.45, 2.75) is 36.4 Å². The Balaban J connectivity index is 1.71. The molecule has 0 bridgehead atoms. The predicted molar refractivity (Wildman–Crippen MR) is 105 cm³/mol. The summed E-state index contributed by atoms with van der Waals surface area (Å²) in [5, 5.41) is 12.4. The molecule has 0 saturated carbocycles. The number of nitrogens with one attached hydrogen (secondary N) is 1. The Morgan fingerprint density at radius 3 is 2.41 bits per heavy atom. The van der Waals surface area contributed by atoms with Crippen molar-refractivity contribution in [1.29, 1.82) is 0 Å². The van der Waals surface area contributed by atoms with E-state index >= 15 is 0 Å². The van der Waals surface area contributed by atoms with Crippen LogP contribution in [0, 0.1) is 6.92 Å². The van der Waals surface area contributed by atoms with Gasteiger partial charge in [0.2, 0.25) is 15.2 Å². The second-order valence-electron chi connectivity index (χ2n) is 6.80. The van der Waals surface area contributed by atoms with E-state index in [1.807, 2.05) is 51.1 Å². The lowest BCUT2D eigenvalue weighted by atomic mass is 10.1. The van der Waals surface area contributed by atoms with E-state index in [2.05, 4.69) is 20.2 Å². The van der Waals surface area contributed by atoms with Gasteiger partial charge in [0.1, 0.15) is 0 Å². The zero-order chi connectivity index (χ0) is 19.5. The molecule has 0 atom stereocenters. The molecular weight excluding hydrogens is 382 g/mol. The summed E-state index contributed by atoms with van der Waals surface area (Å²) < 4.78 is 29.7. The van der Waals surface area contributed by atoms with E-state index in [0.717, 1.165) is 11.3 Å². The van der Waals surface area contributed by atoms with Crippen molar-refractivity contribution in [3.05, 3.63) is 60.2 Å². The first-order valence-corrected chi connectivity index (χ1v) is 10.8. The van der Waals surface area contributed by atoms with Gasteiger partial charge in [-0.1, -0.05) is 47.7 Å². The second-order valence-corrected chi connectivity index (χ2v) is 9.42. The number of para-hydroxylation sites is 1. The van der Waals surface area contributed by atoms with Crippen LogP contribution in [0.5, 0.6) is 0 Å². The standard InChI is InChI=1S/C18H21N5O2S2/c1-14-9-11-16(12-10-14)27(24,25)20-18(2,3)13-26-17-19-21-22-23(17)15-7-5-4-6-8-15/h4-12,20H,13H2,1-3H3. The molecule has 0 unspecified atom stereocenters. The molecule has 0 aliphatic heterocycles. The number of thioether (sulfide) groups is 1. The van der Waals surface area contributed by atoms with Gasteiger partial charge in [-0.2, -0.15) is 4.68 Å². The summed E-state index contributed by atoms with van der Waals surface area (Å²) in [4.78, 5) is 0.250. The van der Waals surface area contributed by atoms with Crippen LogP contribution < -0.4 is 4.72 Å². The number of hydrogen-bond donors (Lipinski definition) is 1. The lowest BCUT2D eigenvalue weighted by Crippen LogP contribution is -2.45. The highest BCUT2D eigenvalue weighted by Gasteiger charge is 2.27. The minimum atomic E-state index is -3.61. The van der Waals surface area contributed by atoms with E-state index < -0.39 is 15.6 Å². The Hall–Kier alpha value is -2.23. The highest BCUT2D eigenvalue weighted by Crippen LogP contribution is 2.24. The molecule has 9 heteroatoms. The van der Waals surface area contributed by atoms with Crippen LogP contribution in [-0.4, -0.2) is 39.9 Å². The van der Waals surface area contributed by atoms with Crippen molar-refractivity contribution in [2.75, 3.05) is 5.75 Å². The zero-order valence-corrected chi connectivity index (χ0v) is 17.0. The maximum absolute atomic E-state index is 12.6. The van der Waals surface area contributed by atoms with E-state index in [4.69, 9.17) is 0 Å². The molecule has 3 aromatic rings. The van der Waals surface area contributed by atoms with Crippen molar-refractivity contribution in [1.82, 2.24) is 24.9 Å². The third kappa shape index (κ3) is 4.94. The van der Waals surface area contributed by atoms with E-state index in [1.54, 1.807) is 28.9 Å². The minimum absolute atomic E-state index is 0.250. The molecular formula is C18H21N5O2S2. The molecule has 142 valence electrons. The molecule has 7 nitrogen and oxygen atoms in total. The summed E-state index contributed by atoms with van der Waals surface area (Å²) in [6.07, 6.45) is 0. The van der Waals surface area contributed by atoms with Crippen LogP contribution in [0.15, 0.2) is 64.6 Å². The van der Waals surface area contributed by atoms with Crippen LogP contribution in [0.3, 0.4) is 0 Å². The number of nitrogens with zero attached hydrogens (tertiary/aromatic N) is 4. The fraction of sp³-hybridized carbons (Fsp3) is 0.278. The van der Waals surface area contributed by atoms with Crippen molar-refractivity contribution in [3.63, 3.8) is 0 Å². The molecule has 3 rings (SSSR count). The van der Waals surface area contributed by atoms with E-state index in [9.17, 15) is 8.42 Å². The highest BCUT2D eigenvalue weighted by atomic mass is 32.2. The Morgan fingerprint density at radius 2 is 1.74 bits per heavy atom. The van der Waals surface area contributed by atoms with E-state index in [0.29, 0.717) is 10.9 Å². The van der Waals surface area contributed by atoms with Gasteiger partial charge in [0.05, 0.1) is 10.6 Å². The number of hydrogen-bond acceptors (Lipinski definition) is 6. The van der Waals surface area contributed by atoms with Crippen molar-refractivity contribution < 1.29 is 8.42 Å². The largest absolute Gasteiger partial charge is 0.241 e. The molecule has 0 radical (unpaired) electrons. The topological polar surface area (TPSA) is 89.8 Å². The molecule has 2 aromatic carbocycles. The number of rotatable bonds is 7. The molecule has 0 aliphatic carbocycles. The van der Waals surface area contributed by atoms with Crippen molar-refractivity contribution in [2.24, 2.45) is 0 Å².